The van der Waals surface area contributed by atoms with E-state index >= 15 is 0 Å². The Bertz CT molecular complexity index is 1000. The van der Waals surface area contributed by atoms with E-state index in [0.717, 1.165) is 36.6 Å². The number of H-pyrrole nitrogens is 1. The molecule has 3 aromatic rings. The number of hydrogen-bond acceptors (Lipinski definition) is 6. The predicted octanol–water partition coefficient (Wildman–Crippen LogP) is 3.22. The minimum Gasteiger partial charge on any atom is -0.367 e. The molecule has 2 heterocycles. The van der Waals surface area contributed by atoms with Crippen LogP contribution >= 0.6 is 0 Å². The van der Waals surface area contributed by atoms with Crippen molar-refractivity contribution in [2.75, 3.05) is 17.7 Å². The van der Waals surface area contributed by atoms with Crippen LogP contribution in [0.3, 0.4) is 0 Å². The van der Waals surface area contributed by atoms with Gasteiger partial charge in [-0.2, -0.15) is 9.97 Å². The van der Waals surface area contributed by atoms with E-state index in [1.165, 1.54) is 0 Å². The Balaban J connectivity index is 1.76. The van der Waals surface area contributed by atoms with E-state index in [9.17, 15) is 4.79 Å². The lowest BCUT2D eigenvalue weighted by atomic mass is 9.91. The highest BCUT2D eigenvalue weighted by atomic mass is 16.1. The zero-order valence-corrected chi connectivity index (χ0v) is 16.2. The molecule has 146 valence electrons. The average molecular weight is 378 g/mol. The number of anilines is 2. The van der Waals surface area contributed by atoms with Crippen molar-refractivity contribution in [2.45, 2.75) is 44.7 Å². The molecule has 0 amide bonds. The second-order valence-corrected chi connectivity index (χ2v) is 7.47. The molecule has 0 saturated heterocycles. The third-order valence-corrected chi connectivity index (χ3v) is 5.50. The summed E-state index contributed by atoms with van der Waals surface area (Å²) in [6.07, 6.45) is 5.70. The standard InChI is InChI=1S/C21H26N6O/c1-12-5-3-4-6-15(12)18(28)16-11-24-19-17(16)20(27-21(23-2)26-19)25-14-9-7-13(22)8-10-14/h3-6,11,13-14H,7-10,22H2,1-2H3,(H3,23,24,25,26,27)/t13-,14+. The van der Waals surface area contributed by atoms with Crippen molar-refractivity contribution in [3.8, 4) is 0 Å². The van der Waals surface area contributed by atoms with Gasteiger partial charge in [0.2, 0.25) is 5.95 Å². The van der Waals surface area contributed by atoms with Crippen LogP contribution in [0.4, 0.5) is 11.8 Å². The van der Waals surface area contributed by atoms with Crippen molar-refractivity contribution in [2.24, 2.45) is 5.73 Å². The first-order valence-electron chi connectivity index (χ1n) is 9.76. The molecule has 7 heteroatoms. The number of benzene rings is 1. The van der Waals surface area contributed by atoms with Gasteiger partial charge in [0.15, 0.2) is 5.78 Å². The monoisotopic (exact) mass is 378 g/mol. The van der Waals surface area contributed by atoms with Crippen LogP contribution in [0.1, 0.15) is 47.2 Å². The van der Waals surface area contributed by atoms with Crippen molar-refractivity contribution in [1.82, 2.24) is 15.0 Å². The summed E-state index contributed by atoms with van der Waals surface area (Å²) in [7, 11) is 1.78. The molecule has 2 aromatic heterocycles. The number of fused-ring (bicyclic) bond motifs is 1. The summed E-state index contributed by atoms with van der Waals surface area (Å²) >= 11 is 0. The van der Waals surface area contributed by atoms with E-state index < -0.39 is 0 Å². The Hall–Kier alpha value is -2.93. The van der Waals surface area contributed by atoms with Crippen molar-refractivity contribution in [3.05, 3.63) is 47.2 Å². The Labute approximate surface area is 164 Å². The SMILES string of the molecule is CNc1nc(N[C@H]2CC[C@@H](N)CC2)c2c(C(=O)c3ccccc3C)c[nH]c2n1. The molecule has 1 fully saturated rings. The van der Waals surface area contributed by atoms with Gasteiger partial charge in [0, 0.05) is 30.9 Å². The molecular weight excluding hydrogens is 352 g/mol. The molecule has 1 saturated carbocycles. The van der Waals surface area contributed by atoms with Crippen LogP contribution in [0.2, 0.25) is 0 Å². The number of carbonyl (C=O) groups is 1. The summed E-state index contributed by atoms with van der Waals surface area (Å²) in [4.78, 5) is 25.5. The van der Waals surface area contributed by atoms with E-state index in [0.29, 0.717) is 34.6 Å². The van der Waals surface area contributed by atoms with E-state index in [2.05, 4.69) is 25.6 Å². The van der Waals surface area contributed by atoms with Crippen molar-refractivity contribution >= 4 is 28.6 Å². The van der Waals surface area contributed by atoms with Gasteiger partial charge in [0.1, 0.15) is 11.5 Å². The summed E-state index contributed by atoms with van der Waals surface area (Å²) in [6, 6.07) is 8.19. The van der Waals surface area contributed by atoms with Crippen molar-refractivity contribution in [3.63, 3.8) is 0 Å². The molecule has 28 heavy (non-hydrogen) atoms. The smallest absolute Gasteiger partial charge is 0.226 e. The first-order valence-corrected chi connectivity index (χ1v) is 9.76. The van der Waals surface area contributed by atoms with Gasteiger partial charge in [-0.1, -0.05) is 24.3 Å². The molecule has 0 aliphatic heterocycles. The summed E-state index contributed by atoms with van der Waals surface area (Å²) in [5, 5.41) is 7.28. The summed E-state index contributed by atoms with van der Waals surface area (Å²) < 4.78 is 0. The number of hydrogen-bond donors (Lipinski definition) is 4. The number of nitrogens with zero attached hydrogens (tertiary/aromatic N) is 2. The van der Waals surface area contributed by atoms with Gasteiger partial charge in [0.25, 0.3) is 0 Å². The maximum absolute atomic E-state index is 13.2. The van der Waals surface area contributed by atoms with Crippen LogP contribution in [0.5, 0.6) is 0 Å². The maximum Gasteiger partial charge on any atom is 0.226 e. The largest absolute Gasteiger partial charge is 0.367 e. The number of nitrogens with one attached hydrogen (secondary N) is 3. The molecular formula is C21H26N6O. The summed E-state index contributed by atoms with van der Waals surface area (Å²) in [5.41, 5.74) is 8.91. The molecule has 5 N–H and O–H groups in total. The third kappa shape index (κ3) is 3.45. The van der Waals surface area contributed by atoms with Crippen LogP contribution in [-0.4, -0.2) is 39.9 Å². The van der Waals surface area contributed by atoms with Crippen molar-refractivity contribution < 1.29 is 4.79 Å². The second-order valence-electron chi connectivity index (χ2n) is 7.47. The predicted molar refractivity (Wildman–Crippen MR) is 112 cm³/mol. The molecule has 0 radical (unpaired) electrons. The number of ketones is 1. The van der Waals surface area contributed by atoms with Gasteiger partial charge in [-0.25, -0.2) is 0 Å². The van der Waals surface area contributed by atoms with Crippen LogP contribution in [0.25, 0.3) is 11.0 Å². The number of aromatic nitrogens is 3. The Morgan fingerprint density at radius 1 is 1.14 bits per heavy atom. The fourth-order valence-electron chi connectivity index (χ4n) is 3.86. The lowest BCUT2D eigenvalue weighted by Crippen LogP contribution is -2.33. The van der Waals surface area contributed by atoms with E-state index in [1.807, 2.05) is 31.2 Å². The van der Waals surface area contributed by atoms with Gasteiger partial charge < -0.3 is 21.4 Å². The first kappa shape index (κ1) is 18.4. The lowest BCUT2D eigenvalue weighted by molar-refractivity contribution is 0.103. The maximum atomic E-state index is 13.2. The van der Waals surface area contributed by atoms with E-state index in [4.69, 9.17) is 5.73 Å². The molecule has 1 aliphatic rings. The number of aryl methyl sites for hydroxylation is 1. The minimum absolute atomic E-state index is 0.0288. The lowest BCUT2D eigenvalue weighted by Gasteiger charge is -2.27. The number of aromatic amines is 1. The average Bonchev–Trinajstić information content (AvgIpc) is 3.14. The highest BCUT2D eigenvalue weighted by Gasteiger charge is 2.24. The number of carbonyl (C=O) groups excluding carboxylic acids is 1. The fourth-order valence-corrected chi connectivity index (χ4v) is 3.86. The topological polar surface area (TPSA) is 109 Å². The van der Waals surface area contributed by atoms with Gasteiger partial charge in [-0.3, -0.25) is 4.79 Å². The highest BCUT2D eigenvalue weighted by molar-refractivity contribution is 6.18. The summed E-state index contributed by atoms with van der Waals surface area (Å²) in [5.74, 6) is 1.17. The summed E-state index contributed by atoms with van der Waals surface area (Å²) in [6.45, 7) is 1.95. The molecule has 7 nitrogen and oxygen atoms in total. The highest BCUT2D eigenvalue weighted by Crippen LogP contribution is 2.30. The fraction of sp³-hybridized carbons (Fsp3) is 0.381. The van der Waals surface area contributed by atoms with Gasteiger partial charge in [-0.15, -0.1) is 0 Å². The van der Waals surface area contributed by atoms with Crippen LogP contribution in [-0.2, 0) is 0 Å². The van der Waals surface area contributed by atoms with Gasteiger partial charge in [0.05, 0.1) is 10.9 Å². The minimum atomic E-state index is -0.0288. The molecule has 0 bridgehead atoms. The molecule has 0 spiro atoms. The Kier molecular flexibility index (Phi) is 5.00. The second kappa shape index (κ2) is 7.59. The quantitative estimate of drug-likeness (QED) is 0.508. The molecule has 1 aromatic carbocycles. The Morgan fingerprint density at radius 2 is 1.89 bits per heavy atom. The Morgan fingerprint density at radius 3 is 2.61 bits per heavy atom. The molecule has 1 aliphatic carbocycles. The zero-order valence-electron chi connectivity index (χ0n) is 16.2. The zero-order chi connectivity index (χ0) is 19.7. The van der Waals surface area contributed by atoms with Gasteiger partial charge in [-0.05, 0) is 38.2 Å². The third-order valence-electron chi connectivity index (χ3n) is 5.50. The molecule has 0 unspecified atom stereocenters. The van der Waals surface area contributed by atoms with Gasteiger partial charge >= 0.3 is 0 Å². The van der Waals surface area contributed by atoms with Crippen molar-refractivity contribution in [1.29, 1.82) is 0 Å². The first-order chi connectivity index (χ1) is 13.6. The van der Waals surface area contributed by atoms with Crippen LogP contribution in [0, 0.1) is 6.92 Å². The molecule has 4 rings (SSSR count). The van der Waals surface area contributed by atoms with E-state index in [-0.39, 0.29) is 11.8 Å². The van der Waals surface area contributed by atoms with E-state index in [1.54, 1.807) is 13.2 Å². The van der Waals surface area contributed by atoms with Crippen LogP contribution < -0.4 is 16.4 Å². The van der Waals surface area contributed by atoms with Crippen LogP contribution in [0.15, 0.2) is 30.5 Å². The normalized spacial score (nSPS) is 19.5. The molecule has 0 atom stereocenters. The number of nitrogens with two attached hydrogens (primary N) is 1. The number of rotatable bonds is 5.